The van der Waals surface area contributed by atoms with Crippen LogP contribution in [0, 0.1) is 17.2 Å². The van der Waals surface area contributed by atoms with E-state index >= 15 is 0 Å². The lowest BCUT2D eigenvalue weighted by Gasteiger charge is -2.29. The van der Waals surface area contributed by atoms with Crippen LogP contribution in [-0.4, -0.2) is 35.2 Å². The molecule has 80 valence electrons. The molecule has 2 rings (SSSR count). The Hall–Kier alpha value is -0.590. The molecule has 2 fully saturated rings. The van der Waals surface area contributed by atoms with E-state index in [1.807, 2.05) is 13.8 Å². The van der Waals surface area contributed by atoms with Crippen molar-refractivity contribution in [3.05, 3.63) is 0 Å². The maximum absolute atomic E-state index is 9.29. The summed E-state index contributed by atoms with van der Waals surface area (Å²) in [5.41, 5.74) is -0.0135. The molecular formula is C11H20N2O. The van der Waals surface area contributed by atoms with Crippen LogP contribution in [0.5, 0.6) is 0 Å². The minimum absolute atomic E-state index is 0.0135. The molecule has 0 bridgehead atoms. The Labute approximate surface area is 86.3 Å². The largest absolute Gasteiger partial charge is 0.394 e. The highest BCUT2D eigenvalue weighted by molar-refractivity contribution is 5.07. The third-order valence-corrected chi connectivity index (χ3v) is 3.29. The Bertz CT molecular complexity index is 224. The first-order valence-electron chi connectivity index (χ1n) is 5.56. The van der Waals surface area contributed by atoms with E-state index in [0.717, 1.165) is 25.9 Å². The molecule has 2 aliphatic heterocycles. The molecule has 0 radical (unpaired) electrons. The quantitative estimate of drug-likeness (QED) is 0.689. The van der Waals surface area contributed by atoms with Gasteiger partial charge in [-0.1, -0.05) is 13.8 Å². The summed E-state index contributed by atoms with van der Waals surface area (Å²) in [5.74, 6) is 0.150. The van der Waals surface area contributed by atoms with Gasteiger partial charge in [-0.2, -0.15) is 5.26 Å². The lowest BCUT2D eigenvalue weighted by Crippen LogP contribution is -2.41. The first-order chi connectivity index (χ1) is 6.80. The van der Waals surface area contributed by atoms with E-state index in [4.69, 9.17) is 5.26 Å². The fourth-order valence-corrected chi connectivity index (χ4v) is 2.63. The number of hydrogen-bond donors (Lipinski definition) is 1. The maximum Gasteiger partial charge on any atom is 0.0670 e. The summed E-state index contributed by atoms with van der Waals surface area (Å²) in [5, 5.41) is 18.1. The zero-order valence-corrected chi connectivity index (χ0v) is 9.16. The van der Waals surface area contributed by atoms with Gasteiger partial charge < -0.3 is 5.11 Å². The first-order valence-corrected chi connectivity index (χ1v) is 5.56. The van der Waals surface area contributed by atoms with Gasteiger partial charge in [0, 0.05) is 12.1 Å². The topological polar surface area (TPSA) is 47.3 Å². The van der Waals surface area contributed by atoms with E-state index in [9.17, 15) is 5.11 Å². The number of hydrogen-bond acceptors (Lipinski definition) is 3. The van der Waals surface area contributed by atoms with Gasteiger partial charge in [-0.15, -0.1) is 0 Å². The van der Waals surface area contributed by atoms with Crippen molar-refractivity contribution in [1.29, 1.82) is 5.26 Å². The summed E-state index contributed by atoms with van der Waals surface area (Å²) < 4.78 is 0. The maximum atomic E-state index is 9.29. The summed E-state index contributed by atoms with van der Waals surface area (Å²) in [6, 6.07) is 2.30. The summed E-state index contributed by atoms with van der Waals surface area (Å²) >= 11 is 0. The Morgan fingerprint density at radius 3 is 2.79 bits per heavy atom. The molecule has 14 heavy (non-hydrogen) atoms. The van der Waals surface area contributed by atoms with E-state index in [1.54, 1.807) is 0 Å². The molecule has 0 spiro atoms. The van der Waals surface area contributed by atoms with Crippen molar-refractivity contribution in [2.75, 3.05) is 19.7 Å². The van der Waals surface area contributed by atoms with Gasteiger partial charge in [-0.25, -0.2) is 0 Å². The molecule has 0 aromatic rings. The smallest absolute Gasteiger partial charge is 0.0670 e. The van der Waals surface area contributed by atoms with E-state index < -0.39 is 0 Å². The van der Waals surface area contributed by atoms with Gasteiger partial charge in [0.1, 0.15) is 0 Å². The number of fused-ring (bicyclic) bond motifs is 1. The third kappa shape index (κ3) is 1.77. The molecule has 3 nitrogen and oxygen atoms in total. The molecule has 0 saturated carbocycles. The van der Waals surface area contributed by atoms with Crippen molar-refractivity contribution in [3.63, 3.8) is 0 Å². The summed E-state index contributed by atoms with van der Waals surface area (Å²) in [6.07, 6.45) is 3.13. The van der Waals surface area contributed by atoms with Gasteiger partial charge in [-0.05, 0) is 25.8 Å². The van der Waals surface area contributed by atoms with Crippen molar-refractivity contribution in [3.8, 4) is 6.07 Å². The normalized spacial score (nSPS) is 35.7. The van der Waals surface area contributed by atoms with Gasteiger partial charge in [0.2, 0.25) is 0 Å². The molecule has 1 N–H and O–H groups in total. The van der Waals surface area contributed by atoms with Crippen LogP contribution in [0.25, 0.3) is 0 Å². The molecule has 0 aromatic carbocycles. The molecule has 2 saturated heterocycles. The van der Waals surface area contributed by atoms with Crippen LogP contribution < -0.4 is 0 Å². The molecule has 0 aromatic heterocycles. The van der Waals surface area contributed by atoms with E-state index in [0.29, 0.717) is 0 Å². The Kier molecular flexibility index (Phi) is 3.91. The Balaban J connectivity index is 0.000000461. The lowest BCUT2D eigenvalue weighted by molar-refractivity contribution is 0.0998. The van der Waals surface area contributed by atoms with Gasteiger partial charge in [0.25, 0.3) is 0 Å². The molecule has 1 unspecified atom stereocenters. The van der Waals surface area contributed by atoms with Gasteiger partial charge >= 0.3 is 0 Å². The van der Waals surface area contributed by atoms with Crippen LogP contribution in [0.15, 0.2) is 0 Å². The molecule has 2 aliphatic rings. The Morgan fingerprint density at radius 1 is 1.57 bits per heavy atom. The van der Waals surface area contributed by atoms with E-state index in [1.165, 1.54) is 6.42 Å². The monoisotopic (exact) mass is 196 g/mol. The molecule has 3 heteroatoms. The average molecular weight is 196 g/mol. The number of nitrogens with zero attached hydrogens (tertiary/aromatic N) is 2. The van der Waals surface area contributed by atoms with Crippen molar-refractivity contribution >= 4 is 0 Å². The van der Waals surface area contributed by atoms with Crippen molar-refractivity contribution in [1.82, 2.24) is 4.90 Å². The van der Waals surface area contributed by atoms with Crippen LogP contribution in [-0.2, 0) is 0 Å². The highest BCUT2D eigenvalue weighted by Crippen LogP contribution is 2.40. The fourth-order valence-electron chi connectivity index (χ4n) is 2.63. The summed E-state index contributed by atoms with van der Waals surface area (Å²) in [4.78, 5) is 2.29. The van der Waals surface area contributed by atoms with E-state index in [2.05, 4.69) is 11.0 Å². The zero-order valence-electron chi connectivity index (χ0n) is 9.16. The van der Waals surface area contributed by atoms with Crippen LogP contribution in [0.2, 0.25) is 0 Å². The minimum Gasteiger partial charge on any atom is -0.394 e. The van der Waals surface area contributed by atoms with Gasteiger partial charge in [0.15, 0.2) is 0 Å². The second-order valence-corrected chi connectivity index (χ2v) is 3.96. The standard InChI is InChI=1S/C9H14N2O.C2H6/c10-5-8-4-9(7-12)2-1-3-11(9)6-8;1-2/h8,12H,1-4,6-7H2;1-2H3/t8?,9-;/m0./s1. The number of aliphatic hydroxyl groups is 1. The number of rotatable bonds is 1. The average Bonchev–Trinajstić information content (AvgIpc) is 2.76. The first kappa shape index (κ1) is 11.5. The third-order valence-electron chi connectivity index (χ3n) is 3.29. The minimum atomic E-state index is -0.0135. The van der Waals surface area contributed by atoms with Crippen LogP contribution in [0.3, 0.4) is 0 Å². The molecule has 0 amide bonds. The second-order valence-electron chi connectivity index (χ2n) is 3.96. The number of nitriles is 1. The predicted octanol–water partition coefficient (Wildman–Crippen LogP) is 1.38. The second kappa shape index (κ2) is 4.77. The summed E-state index contributed by atoms with van der Waals surface area (Å²) in [7, 11) is 0. The Morgan fingerprint density at radius 2 is 2.29 bits per heavy atom. The SMILES string of the molecule is CC.N#CC1CN2CCC[C@@]2(CO)C1. The van der Waals surface area contributed by atoms with Gasteiger partial charge in [0.05, 0.1) is 18.6 Å². The van der Waals surface area contributed by atoms with Crippen molar-refractivity contribution in [2.24, 2.45) is 5.92 Å². The van der Waals surface area contributed by atoms with Crippen LogP contribution in [0.1, 0.15) is 33.1 Å². The summed E-state index contributed by atoms with van der Waals surface area (Å²) in [6.45, 7) is 6.17. The van der Waals surface area contributed by atoms with Crippen LogP contribution in [0.4, 0.5) is 0 Å². The molecular weight excluding hydrogens is 176 g/mol. The zero-order chi connectivity index (χ0) is 10.6. The lowest BCUT2D eigenvalue weighted by atomic mass is 9.91. The fraction of sp³-hybridized carbons (Fsp3) is 0.909. The predicted molar refractivity (Wildman–Crippen MR) is 55.7 cm³/mol. The highest BCUT2D eigenvalue weighted by Gasteiger charge is 2.47. The number of aliphatic hydroxyl groups excluding tert-OH is 1. The van der Waals surface area contributed by atoms with Crippen molar-refractivity contribution < 1.29 is 5.11 Å². The van der Waals surface area contributed by atoms with E-state index in [-0.39, 0.29) is 18.1 Å². The molecule has 0 aliphatic carbocycles. The molecule has 2 atom stereocenters. The van der Waals surface area contributed by atoms with Crippen molar-refractivity contribution in [2.45, 2.75) is 38.6 Å². The van der Waals surface area contributed by atoms with Gasteiger partial charge in [-0.3, -0.25) is 4.90 Å². The van der Waals surface area contributed by atoms with Crippen LogP contribution >= 0.6 is 0 Å². The molecule has 2 heterocycles. The highest BCUT2D eigenvalue weighted by atomic mass is 16.3.